The first kappa shape index (κ1) is 19.0. The second-order valence-corrected chi connectivity index (χ2v) is 7.85. The van der Waals surface area contributed by atoms with E-state index in [0.717, 1.165) is 25.9 Å². The number of likely N-dealkylation sites (tertiary alicyclic amines) is 1. The maximum atomic E-state index is 12.0. The van der Waals surface area contributed by atoms with Crippen molar-refractivity contribution in [3.8, 4) is 0 Å². The van der Waals surface area contributed by atoms with Crippen molar-refractivity contribution in [2.75, 3.05) is 13.1 Å². The minimum Gasteiger partial charge on any atom is -0.354 e. The molecule has 1 saturated heterocycles. The Kier molecular flexibility index (Phi) is 6.85. The van der Waals surface area contributed by atoms with Crippen LogP contribution in [0.15, 0.2) is 30.3 Å². The number of hydrogen-bond acceptors (Lipinski definition) is 2. The summed E-state index contributed by atoms with van der Waals surface area (Å²) in [6.45, 7) is 10.9. The van der Waals surface area contributed by atoms with Gasteiger partial charge in [0.1, 0.15) is 0 Å². The van der Waals surface area contributed by atoms with Crippen molar-refractivity contribution in [3.05, 3.63) is 35.9 Å². The molecule has 134 valence electrons. The highest BCUT2D eigenvalue weighted by Gasteiger charge is 2.36. The Morgan fingerprint density at radius 3 is 2.29 bits per heavy atom. The molecule has 1 aliphatic rings. The largest absolute Gasteiger partial charge is 0.354 e. The minimum atomic E-state index is 0.188. The average molecular weight is 331 g/mol. The maximum absolute atomic E-state index is 12.0. The topological polar surface area (TPSA) is 32.3 Å². The summed E-state index contributed by atoms with van der Waals surface area (Å²) in [5.41, 5.74) is 1.70. The molecular formula is C21H34N2O. The third-order valence-corrected chi connectivity index (χ3v) is 5.38. The van der Waals surface area contributed by atoms with E-state index in [2.05, 4.69) is 54.4 Å². The third-order valence-electron chi connectivity index (χ3n) is 5.38. The van der Waals surface area contributed by atoms with Gasteiger partial charge >= 0.3 is 0 Å². The Hall–Kier alpha value is -1.35. The van der Waals surface area contributed by atoms with Gasteiger partial charge in [-0.25, -0.2) is 0 Å². The third kappa shape index (κ3) is 5.07. The Morgan fingerprint density at radius 2 is 1.75 bits per heavy atom. The van der Waals surface area contributed by atoms with Gasteiger partial charge in [-0.15, -0.1) is 0 Å². The van der Waals surface area contributed by atoms with Crippen LogP contribution in [0.1, 0.15) is 65.4 Å². The van der Waals surface area contributed by atoms with Gasteiger partial charge in [0, 0.05) is 18.5 Å². The molecule has 24 heavy (non-hydrogen) atoms. The Morgan fingerprint density at radius 1 is 1.12 bits per heavy atom. The van der Waals surface area contributed by atoms with Crippen LogP contribution in [0.5, 0.6) is 0 Å². The van der Waals surface area contributed by atoms with Crippen molar-refractivity contribution < 1.29 is 4.79 Å². The second kappa shape index (κ2) is 8.66. The highest BCUT2D eigenvalue weighted by molar-refractivity contribution is 5.76. The lowest BCUT2D eigenvalue weighted by Crippen LogP contribution is -2.45. The first-order valence-electron chi connectivity index (χ1n) is 9.52. The zero-order chi connectivity index (χ0) is 17.6. The van der Waals surface area contributed by atoms with Gasteiger partial charge in [0.2, 0.25) is 5.91 Å². The van der Waals surface area contributed by atoms with Crippen LogP contribution in [-0.4, -0.2) is 36.0 Å². The van der Waals surface area contributed by atoms with Gasteiger partial charge in [0.25, 0.3) is 0 Å². The lowest BCUT2D eigenvalue weighted by molar-refractivity contribution is -0.121. The normalized spacial score (nSPS) is 18.1. The van der Waals surface area contributed by atoms with Crippen molar-refractivity contribution in [2.24, 2.45) is 0 Å². The molecule has 0 atom stereocenters. The first-order chi connectivity index (χ1) is 11.4. The van der Waals surface area contributed by atoms with E-state index in [1.165, 1.54) is 18.4 Å². The summed E-state index contributed by atoms with van der Waals surface area (Å²) < 4.78 is 0. The molecule has 1 aromatic carbocycles. The standard InChI is InChI=1S/C21H34N2O/c1-17(2)22-20(24)11-8-12-21(19-9-6-5-7-10-19)13-15-23(16-14-21)18(3)4/h5-7,9-10,17-18H,8,11-16H2,1-4H3,(H,22,24). The highest BCUT2D eigenvalue weighted by atomic mass is 16.1. The number of rotatable bonds is 7. The van der Waals surface area contributed by atoms with E-state index in [-0.39, 0.29) is 17.4 Å². The molecule has 3 heteroatoms. The molecule has 1 fully saturated rings. The number of hydrogen-bond donors (Lipinski definition) is 1. The maximum Gasteiger partial charge on any atom is 0.220 e. The second-order valence-electron chi connectivity index (χ2n) is 7.85. The van der Waals surface area contributed by atoms with Crippen LogP contribution in [0.4, 0.5) is 0 Å². The van der Waals surface area contributed by atoms with Crippen molar-refractivity contribution in [1.29, 1.82) is 0 Å². The van der Waals surface area contributed by atoms with Gasteiger partial charge in [0.15, 0.2) is 0 Å². The zero-order valence-electron chi connectivity index (χ0n) is 15.8. The van der Waals surface area contributed by atoms with Crippen LogP contribution in [0.2, 0.25) is 0 Å². The molecule has 0 spiro atoms. The Balaban J connectivity index is 2.01. The van der Waals surface area contributed by atoms with Crippen molar-refractivity contribution >= 4 is 5.91 Å². The highest BCUT2D eigenvalue weighted by Crippen LogP contribution is 2.40. The molecule has 0 unspecified atom stereocenters. The van der Waals surface area contributed by atoms with Crippen molar-refractivity contribution in [2.45, 2.75) is 77.3 Å². The lowest BCUT2D eigenvalue weighted by Gasteiger charge is -2.44. The molecule has 1 aliphatic heterocycles. The molecule has 0 radical (unpaired) electrons. The molecule has 0 aliphatic carbocycles. The summed E-state index contributed by atoms with van der Waals surface area (Å²) in [7, 11) is 0. The molecule has 2 rings (SSSR count). The van der Waals surface area contributed by atoms with Crippen molar-refractivity contribution in [3.63, 3.8) is 0 Å². The summed E-state index contributed by atoms with van der Waals surface area (Å²) in [5.74, 6) is 0.188. The number of carbonyl (C=O) groups excluding carboxylic acids is 1. The molecule has 0 bridgehead atoms. The van der Waals surface area contributed by atoms with Gasteiger partial charge in [0.05, 0.1) is 0 Å². The molecule has 3 nitrogen and oxygen atoms in total. The van der Waals surface area contributed by atoms with Gasteiger partial charge in [-0.3, -0.25) is 4.79 Å². The lowest BCUT2D eigenvalue weighted by atomic mass is 9.69. The van der Waals surface area contributed by atoms with E-state index >= 15 is 0 Å². The van der Waals surface area contributed by atoms with E-state index in [4.69, 9.17) is 0 Å². The predicted octanol–water partition coefficient (Wildman–Crippen LogP) is 4.12. The first-order valence-corrected chi connectivity index (χ1v) is 9.52. The fraction of sp³-hybridized carbons (Fsp3) is 0.667. The minimum absolute atomic E-state index is 0.188. The molecule has 1 aromatic rings. The monoisotopic (exact) mass is 330 g/mol. The van der Waals surface area contributed by atoms with E-state index in [0.29, 0.717) is 12.5 Å². The zero-order valence-corrected chi connectivity index (χ0v) is 15.8. The average Bonchev–Trinajstić information content (AvgIpc) is 2.55. The smallest absolute Gasteiger partial charge is 0.220 e. The van der Waals surface area contributed by atoms with E-state index in [1.807, 2.05) is 13.8 Å². The van der Waals surface area contributed by atoms with Gasteiger partial charge in [-0.2, -0.15) is 0 Å². The van der Waals surface area contributed by atoms with E-state index in [1.54, 1.807) is 0 Å². The number of amides is 1. The summed E-state index contributed by atoms with van der Waals surface area (Å²) in [6, 6.07) is 11.8. The number of benzene rings is 1. The Bertz CT molecular complexity index is 502. The summed E-state index contributed by atoms with van der Waals surface area (Å²) in [4.78, 5) is 14.5. The van der Waals surface area contributed by atoms with Crippen molar-refractivity contribution in [1.82, 2.24) is 10.2 Å². The molecule has 0 aromatic heterocycles. The number of nitrogens with zero attached hydrogens (tertiary/aromatic N) is 1. The van der Waals surface area contributed by atoms with Crippen LogP contribution >= 0.6 is 0 Å². The molecule has 1 amide bonds. The van der Waals surface area contributed by atoms with Crippen LogP contribution in [-0.2, 0) is 10.2 Å². The quantitative estimate of drug-likeness (QED) is 0.815. The Labute approximate surface area is 147 Å². The summed E-state index contributed by atoms with van der Waals surface area (Å²) in [5, 5.41) is 3.01. The fourth-order valence-electron chi connectivity index (χ4n) is 3.92. The van der Waals surface area contributed by atoms with Crippen LogP contribution in [0, 0.1) is 0 Å². The molecular weight excluding hydrogens is 296 g/mol. The molecule has 1 N–H and O–H groups in total. The number of piperidine rings is 1. The summed E-state index contributed by atoms with van der Waals surface area (Å²) >= 11 is 0. The molecule has 1 heterocycles. The fourth-order valence-corrected chi connectivity index (χ4v) is 3.92. The van der Waals surface area contributed by atoms with E-state index in [9.17, 15) is 4.79 Å². The van der Waals surface area contributed by atoms with Crippen LogP contribution in [0.25, 0.3) is 0 Å². The molecule has 0 saturated carbocycles. The van der Waals surface area contributed by atoms with E-state index < -0.39 is 0 Å². The van der Waals surface area contributed by atoms with Gasteiger partial charge in [-0.1, -0.05) is 30.3 Å². The number of carbonyl (C=O) groups is 1. The van der Waals surface area contributed by atoms with Gasteiger partial charge in [-0.05, 0) is 77.4 Å². The van der Waals surface area contributed by atoms with Crippen LogP contribution in [0.3, 0.4) is 0 Å². The number of nitrogens with one attached hydrogen (secondary N) is 1. The van der Waals surface area contributed by atoms with Gasteiger partial charge < -0.3 is 10.2 Å². The predicted molar refractivity (Wildman–Crippen MR) is 101 cm³/mol. The SMILES string of the molecule is CC(C)NC(=O)CCCC1(c2ccccc2)CCN(C(C)C)CC1. The summed E-state index contributed by atoms with van der Waals surface area (Å²) in [6.07, 6.45) is 5.10. The van der Waals surface area contributed by atoms with Crippen LogP contribution < -0.4 is 5.32 Å².